The predicted octanol–water partition coefficient (Wildman–Crippen LogP) is 3.86. The molecular weight excluding hydrogens is 452 g/mol. The van der Waals surface area contributed by atoms with Gasteiger partial charge in [-0.15, -0.1) is 0 Å². The first-order valence-corrected chi connectivity index (χ1v) is 11.3. The number of benzene rings is 2. The Morgan fingerprint density at radius 1 is 1.00 bits per heavy atom. The third-order valence-electron chi connectivity index (χ3n) is 6.43. The first-order valence-electron chi connectivity index (χ1n) is 11.3. The second-order valence-corrected chi connectivity index (χ2v) is 8.50. The summed E-state index contributed by atoms with van der Waals surface area (Å²) in [4.78, 5) is 36.4. The average molecular weight is 476 g/mol. The van der Waals surface area contributed by atoms with E-state index in [0.717, 1.165) is 22.3 Å². The largest absolute Gasteiger partial charge is 0.479 e. The molecular formula is C26H24N2O7. The summed E-state index contributed by atoms with van der Waals surface area (Å²) >= 11 is 0. The highest BCUT2D eigenvalue weighted by Gasteiger charge is 2.34. The van der Waals surface area contributed by atoms with Crippen LogP contribution in [0, 0.1) is 5.92 Å². The van der Waals surface area contributed by atoms with Gasteiger partial charge in [-0.05, 0) is 28.7 Å². The van der Waals surface area contributed by atoms with E-state index in [1.165, 1.54) is 12.3 Å². The van der Waals surface area contributed by atoms with Gasteiger partial charge in [0.2, 0.25) is 5.76 Å². The Kier molecular flexibility index (Phi) is 6.24. The van der Waals surface area contributed by atoms with Gasteiger partial charge >= 0.3 is 12.1 Å². The summed E-state index contributed by atoms with van der Waals surface area (Å²) in [6.45, 7) is 0.575. The minimum atomic E-state index is -1.06. The van der Waals surface area contributed by atoms with E-state index < -0.39 is 24.1 Å². The van der Waals surface area contributed by atoms with E-state index in [9.17, 15) is 19.5 Å². The molecule has 3 aromatic rings. The summed E-state index contributed by atoms with van der Waals surface area (Å²) in [5.74, 6) is -2.15. The van der Waals surface area contributed by atoms with Crippen molar-refractivity contribution in [1.82, 2.24) is 5.32 Å². The molecule has 2 heterocycles. The number of ether oxygens (including phenoxy) is 2. The Hall–Kier alpha value is -4.11. The third-order valence-corrected chi connectivity index (χ3v) is 6.43. The Labute approximate surface area is 201 Å². The number of fused-ring (bicyclic) bond motifs is 3. The van der Waals surface area contributed by atoms with Crippen LogP contribution in [0.25, 0.3) is 11.1 Å². The van der Waals surface area contributed by atoms with Crippen LogP contribution in [0.4, 0.5) is 10.5 Å². The lowest BCUT2D eigenvalue weighted by atomic mass is 9.98. The van der Waals surface area contributed by atoms with E-state index in [0.29, 0.717) is 13.0 Å². The second-order valence-electron chi connectivity index (χ2n) is 8.50. The van der Waals surface area contributed by atoms with Crippen molar-refractivity contribution in [2.75, 3.05) is 25.1 Å². The van der Waals surface area contributed by atoms with Crippen molar-refractivity contribution in [3.8, 4) is 11.1 Å². The van der Waals surface area contributed by atoms with E-state index in [1.54, 1.807) is 0 Å². The number of carboxylic acids is 1. The fourth-order valence-corrected chi connectivity index (χ4v) is 4.75. The number of aliphatic carboxylic acids is 1. The number of furan rings is 1. The molecule has 0 bridgehead atoms. The molecule has 0 spiro atoms. The smallest absolute Gasteiger partial charge is 0.411 e. The van der Waals surface area contributed by atoms with Crippen molar-refractivity contribution >= 4 is 23.7 Å². The van der Waals surface area contributed by atoms with Gasteiger partial charge < -0.3 is 24.3 Å². The Morgan fingerprint density at radius 3 is 2.37 bits per heavy atom. The SMILES string of the molecule is O=C(Nc1ccoc1C(=O)NC[C@H]1CCO[C@H]1C(=O)O)OCC1c2ccccc2-c2ccccc21. The maximum atomic E-state index is 12.6. The lowest BCUT2D eigenvalue weighted by Crippen LogP contribution is -2.36. The minimum absolute atomic E-state index is 0.0870. The summed E-state index contributed by atoms with van der Waals surface area (Å²) in [5.41, 5.74) is 4.62. The minimum Gasteiger partial charge on any atom is -0.479 e. The molecule has 2 atom stereocenters. The van der Waals surface area contributed by atoms with Gasteiger partial charge in [0.1, 0.15) is 6.61 Å². The molecule has 1 aliphatic carbocycles. The van der Waals surface area contributed by atoms with Gasteiger partial charge in [0.05, 0.1) is 12.0 Å². The van der Waals surface area contributed by atoms with Crippen LogP contribution in [-0.4, -0.2) is 48.9 Å². The Balaban J connectivity index is 1.19. The zero-order chi connectivity index (χ0) is 24.4. The van der Waals surface area contributed by atoms with E-state index in [-0.39, 0.29) is 36.4 Å². The zero-order valence-corrected chi connectivity index (χ0v) is 18.7. The molecule has 2 amide bonds. The number of amides is 2. The fraction of sp³-hybridized carbons (Fsp3) is 0.269. The average Bonchev–Trinajstić information content (AvgIpc) is 3.59. The molecule has 5 rings (SSSR count). The summed E-state index contributed by atoms with van der Waals surface area (Å²) < 4.78 is 16.0. The summed E-state index contributed by atoms with van der Waals surface area (Å²) in [5, 5.41) is 14.4. The molecule has 0 saturated carbocycles. The number of carbonyl (C=O) groups is 3. The number of hydrogen-bond donors (Lipinski definition) is 3. The zero-order valence-electron chi connectivity index (χ0n) is 18.7. The molecule has 1 fully saturated rings. The summed E-state index contributed by atoms with van der Waals surface area (Å²) in [6, 6.07) is 17.5. The van der Waals surface area contributed by atoms with Crippen LogP contribution in [0.15, 0.2) is 65.3 Å². The number of rotatable bonds is 7. The normalized spacial score (nSPS) is 18.5. The van der Waals surface area contributed by atoms with E-state index in [2.05, 4.69) is 22.8 Å². The number of carboxylic acid groups (broad SMARTS) is 1. The Bertz CT molecular complexity index is 1220. The van der Waals surface area contributed by atoms with Crippen LogP contribution in [-0.2, 0) is 14.3 Å². The fourth-order valence-electron chi connectivity index (χ4n) is 4.75. The van der Waals surface area contributed by atoms with Gasteiger partial charge in [-0.1, -0.05) is 48.5 Å². The number of carbonyl (C=O) groups excluding carboxylic acids is 2. The lowest BCUT2D eigenvalue weighted by molar-refractivity contribution is -0.149. The van der Waals surface area contributed by atoms with E-state index in [4.69, 9.17) is 13.9 Å². The van der Waals surface area contributed by atoms with Crippen LogP contribution in [0.1, 0.15) is 34.0 Å². The molecule has 9 heteroatoms. The van der Waals surface area contributed by atoms with E-state index >= 15 is 0 Å². The van der Waals surface area contributed by atoms with Crippen LogP contribution in [0.5, 0.6) is 0 Å². The highest BCUT2D eigenvalue weighted by atomic mass is 16.5. The van der Waals surface area contributed by atoms with Gasteiger partial charge in [-0.25, -0.2) is 9.59 Å². The van der Waals surface area contributed by atoms with Crippen molar-refractivity contribution in [2.45, 2.75) is 18.4 Å². The highest BCUT2D eigenvalue weighted by molar-refractivity contribution is 6.00. The van der Waals surface area contributed by atoms with Crippen molar-refractivity contribution < 1.29 is 33.4 Å². The van der Waals surface area contributed by atoms with Crippen molar-refractivity contribution in [3.05, 3.63) is 77.7 Å². The summed E-state index contributed by atoms with van der Waals surface area (Å²) in [6.07, 6.45) is 0.148. The van der Waals surface area contributed by atoms with Crippen LogP contribution in [0.2, 0.25) is 0 Å². The lowest BCUT2D eigenvalue weighted by Gasteiger charge is -2.15. The van der Waals surface area contributed by atoms with Crippen LogP contribution in [0.3, 0.4) is 0 Å². The van der Waals surface area contributed by atoms with Crippen LogP contribution < -0.4 is 10.6 Å². The molecule has 1 aliphatic heterocycles. The molecule has 1 saturated heterocycles. The quantitative estimate of drug-likeness (QED) is 0.473. The molecule has 180 valence electrons. The van der Waals surface area contributed by atoms with E-state index in [1.807, 2.05) is 36.4 Å². The monoisotopic (exact) mass is 476 g/mol. The molecule has 2 aliphatic rings. The van der Waals surface area contributed by atoms with Gasteiger partial charge in [0, 0.05) is 31.1 Å². The first kappa shape index (κ1) is 22.7. The highest BCUT2D eigenvalue weighted by Crippen LogP contribution is 2.44. The number of anilines is 1. The third kappa shape index (κ3) is 4.50. The maximum absolute atomic E-state index is 12.6. The van der Waals surface area contributed by atoms with Crippen LogP contribution >= 0.6 is 0 Å². The van der Waals surface area contributed by atoms with Crippen molar-refractivity contribution in [1.29, 1.82) is 0 Å². The molecule has 2 aromatic carbocycles. The molecule has 9 nitrogen and oxygen atoms in total. The molecule has 35 heavy (non-hydrogen) atoms. The predicted molar refractivity (Wildman–Crippen MR) is 125 cm³/mol. The van der Waals surface area contributed by atoms with Gasteiger partial charge in [0.15, 0.2) is 6.10 Å². The van der Waals surface area contributed by atoms with Gasteiger partial charge in [-0.3, -0.25) is 10.1 Å². The second kappa shape index (κ2) is 9.63. The van der Waals surface area contributed by atoms with Crippen molar-refractivity contribution in [3.63, 3.8) is 0 Å². The maximum Gasteiger partial charge on any atom is 0.411 e. The van der Waals surface area contributed by atoms with Crippen molar-refractivity contribution in [2.24, 2.45) is 5.92 Å². The number of nitrogens with one attached hydrogen (secondary N) is 2. The molecule has 1 aromatic heterocycles. The topological polar surface area (TPSA) is 127 Å². The first-order chi connectivity index (χ1) is 17.0. The Morgan fingerprint density at radius 2 is 1.69 bits per heavy atom. The summed E-state index contributed by atoms with van der Waals surface area (Å²) in [7, 11) is 0. The standard InChI is InChI=1S/C26H24N2O7/c29-24(27-13-15-9-11-33-22(15)25(30)31)23-21(10-12-34-23)28-26(32)35-14-20-18-7-3-1-5-16(18)17-6-2-4-8-19(17)20/h1-8,10,12,15,20,22H,9,11,13-14H2,(H,27,29)(H,28,32)(H,30,31)/t15-,22-/m1/s1. The molecule has 0 radical (unpaired) electrons. The van der Waals surface area contributed by atoms with Gasteiger partial charge in [-0.2, -0.15) is 0 Å². The molecule has 3 N–H and O–H groups in total. The van der Waals surface area contributed by atoms with Gasteiger partial charge in [0.25, 0.3) is 5.91 Å². The number of hydrogen-bond acceptors (Lipinski definition) is 6. The molecule has 0 unspecified atom stereocenters.